The number of aromatic amines is 1. The molecule has 190 valence electrons. The number of aromatic carboxylic acids is 1. The molecule has 1 aliphatic rings. The summed E-state index contributed by atoms with van der Waals surface area (Å²) in [4.78, 5) is 11.5. The van der Waals surface area contributed by atoms with Gasteiger partial charge in [0.05, 0.1) is 48.0 Å². The number of ether oxygens (including phenoxy) is 2. The molecule has 0 saturated carbocycles. The summed E-state index contributed by atoms with van der Waals surface area (Å²) in [5.74, 6) is -1.29. The van der Waals surface area contributed by atoms with Gasteiger partial charge in [0, 0.05) is 34.8 Å². The number of aromatic nitrogens is 3. The van der Waals surface area contributed by atoms with E-state index in [9.17, 15) is 14.3 Å². The summed E-state index contributed by atoms with van der Waals surface area (Å²) in [6, 6.07) is 17.4. The van der Waals surface area contributed by atoms with Gasteiger partial charge in [-0.15, -0.1) is 0 Å². The van der Waals surface area contributed by atoms with Crippen molar-refractivity contribution in [2.75, 3.05) is 26.9 Å². The Morgan fingerprint density at radius 2 is 1.84 bits per heavy atom. The standard InChI is InChI=1S/C27H22FN3O4.C2H6/c1-34-13-27(14-35-15-27)25-24(16-2-4-17(5-3-16)26(32)33)21-11-22-18(12-29-30-22)10-23(21)31(25)20-8-6-19(28)7-9-20;1-2/h2-12H,13-15H2,1H3,(H,29,30)(H,32,33);1-2H3. The third-order valence-electron chi connectivity index (χ3n) is 6.71. The van der Waals surface area contributed by atoms with Crippen molar-refractivity contribution in [2.45, 2.75) is 19.3 Å². The van der Waals surface area contributed by atoms with E-state index in [1.807, 2.05) is 26.0 Å². The Hall–Kier alpha value is -4.01. The number of H-pyrrole nitrogens is 1. The Morgan fingerprint density at radius 3 is 2.43 bits per heavy atom. The minimum absolute atomic E-state index is 0.215. The number of nitrogens with one attached hydrogen (secondary N) is 1. The molecule has 7 nitrogen and oxygen atoms in total. The summed E-state index contributed by atoms with van der Waals surface area (Å²) >= 11 is 0. The summed E-state index contributed by atoms with van der Waals surface area (Å²) in [7, 11) is 1.67. The van der Waals surface area contributed by atoms with Gasteiger partial charge in [0.2, 0.25) is 0 Å². The summed E-state index contributed by atoms with van der Waals surface area (Å²) in [5, 5.41) is 18.6. The first-order chi connectivity index (χ1) is 18.0. The predicted octanol–water partition coefficient (Wildman–Crippen LogP) is 5.95. The van der Waals surface area contributed by atoms with Crippen molar-refractivity contribution in [1.82, 2.24) is 14.8 Å². The van der Waals surface area contributed by atoms with E-state index in [1.54, 1.807) is 37.6 Å². The van der Waals surface area contributed by atoms with Crippen molar-refractivity contribution < 1.29 is 23.8 Å². The molecule has 1 saturated heterocycles. The van der Waals surface area contributed by atoms with E-state index in [1.165, 1.54) is 12.1 Å². The second kappa shape index (κ2) is 9.80. The van der Waals surface area contributed by atoms with Gasteiger partial charge in [-0.25, -0.2) is 9.18 Å². The molecule has 8 heteroatoms. The largest absolute Gasteiger partial charge is 0.478 e. The number of benzene rings is 3. The van der Waals surface area contributed by atoms with Crippen LogP contribution in [-0.4, -0.2) is 52.8 Å². The van der Waals surface area contributed by atoms with Crippen LogP contribution in [0.15, 0.2) is 66.9 Å². The lowest BCUT2D eigenvalue weighted by molar-refractivity contribution is -0.0938. The SMILES string of the molecule is CC.COCC1(c2c(-c3ccc(C(=O)O)cc3)c3cc4[nH]ncc4cc3n2-c2ccc(F)cc2)COC1. The highest BCUT2D eigenvalue weighted by molar-refractivity contribution is 6.06. The molecule has 1 aliphatic heterocycles. The summed E-state index contributed by atoms with van der Waals surface area (Å²) in [6.45, 7) is 5.38. The van der Waals surface area contributed by atoms with E-state index in [0.29, 0.717) is 19.8 Å². The van der Waals surface area contributed by atoms with Crippen LogP contribution in [0.25, 0.3) is 38.6 Å². The lowest BCUT2D eigenvalue weighted by Crippen LogP contribution is -2.51. The van der Waals surface area contributed by atoms with Gasteiger partial charge in [-0.05, 0) is 54.1 Å². The van der Waals surface area contributed by atoms with Crippen LogP contribution in [0.5, 0.6) is 0 Å². The highest BCUT2D eigenvalue weighted by Crippen LogP contribution is 2.46. The van der Waals surface area contributed by atoms with E-state index in [4.69, 9.17) is 9.47 Å². The normalized spacial score (nSPS) is 14.3. The highest BCUT2D eigenvalue weighted by atomic mass is 19.1. The van der Waals surface area contributed by atoms with E-state index in [0.717, 1.165) is 44.3 Å². The molecule has 3 aromatic carbocycles. The third-order valence-corrected chi connectivity index (χ3v) is 6.71. The number of hydrogen-bond acceptors (Lipinski definition) is 4. The number of rotatable bonds is 6. The fraction of sp³-hybridized carbons (Fsp3) is 0.241. The Morgan fingerprint density at radius 1 is 1.14 bits per heavy atom. The summed E-state index contributed by atoms with van der Waals surface area (Å²) in [5.41, 5.74) is 5.22. The van der Waals surface area contributed by atoms with Crippen LogP contribution < -0.4 is 0 Å². The van der Waals surface area contributed by atoms with Crippen LogP contribution in [0, 0.1) is 5.82 Å². The molecule has 0 aliphatic carbocycles. The molecule has 5 aromatic rings. The van der Waals surface area contributed by atoms with Gasteiger partial charge >= 0.3 is 5.97 Å². The summed E-state index contributed by atoms with van der Waals surface area (Å²) in [6.07, 6.45) is 1.77. The average Bonchev–Trinajstić information content (AvgIpc) is 3.48. The van der Waals surface area contributed by atoms with Crippen LogP contribution in [0.4, 0.5) is 4.39 Å². The fourth-order valence-corrected chi connectivity index (χ4v) is 5.07. The average molecular weight is 502 g/mol. The number of nitrogens with zero attached hydrogens (tertiary/aromatic N) is 2. The highest BCUT2D eigenvalue weighted by Gasteiger charge is 2.46. The molecule has 0 radical (unpaired) electrons. The molecule has 0 bridgehead atoms. The molecular formula is C29H28FN3O4. The zero-order valence-corrected chi connectivity index (χ0v) is 20.9. The number of carbonyl (C=O) groups is 1. The Labute approximate surface area is 213 Å². The number of carboxylic acids is 1. The quantitative estimate of drug-likeness (QED) is 0.300. The van der Waals surface area contributed by atoms with Gasteiger partial charge in [0.15, 0.2) is 0 Å². The van der Waals surface area contributed by atoms with E-state index >= 15 is 0 Å². The van der Waals surface area contributed by atoms with Crippen LogP contribution in [0.2, 0.25) is 0 Å². The maximum atomic E-state index is 13.9. The zero-order chi connectivity index (χ0) is 26.2. The maximum absolute atomic E-state index is 13.9. The number of halogens is 1. The molecule has 2 N–H and O–H groups in total. The monoisotopic (exact) mass is 501 g/mol. The van der Waals surface area contributed by atoms with Crippen LogP contribution in [-0.2, 0) is 14.9 Å². The topological polar surface area (TPSA) is 89.4 Å². The van der Waals surface area contributed by atoms with Gasteiger partial charge < -0.3 is 19.1 Å². The van der Waals surface area contributed by atoms with Crippen LogP contribution >= 0.6 is 0 Å². The second-order valence-corrected chi connectivity index (χ2v) is 8.95. The molecule has 6 rings (SSSR count). The van der Waals surface area contributed by atoms with Crippen LogP contribution in [0.1, 0.15) is 29.9 Å². The van der Waals surface area contributed by atoms with Crippen molar-refractivity contribution in [3.05, 3.63) is 83.9 Å². The van der Waals surface area contributed by atoms with Crippen molar-refractivity contribution in [3.8, 4) is 16.8 Å². The minimum atomic E-state index is -0.979. The first-order valence-electron chi connectivity index (χ1n) is 12.2. The first kappa shape index (κ1) is 24.7. The molecule has 0 atom stereocenters. The van der Waals surface area contributed by atoms with Gasteiger partial charge in [0.1, 0.15) is 5.82 Å². The first-order valence-corrected chi connectivity index (χ1v) is 12.2. The number of methoxy groups -OCH3 is 1. The Balaban J connectivity index is 0.00000137. The maximum Gasteiger partial charge on any atom is 0.335 e. The number of fused-ring (bicyclic) bond motifs is 2. The van der Waals surface area contributed by atoms with Gasteiger partial charge in [0.25, 0.3) is 0 Å². The molecule has 0 amide bonds. The predicted molar refractivity (Wildman–Crippen MR) is 141 cm³/mol. The van der Waals surface area contributed by atoms with E-state index in [-0.39, 0.29) is 11.4 Å². The Kier molecular flexibility index (Phi) is 6.54. The van der Waals surface area contributed by atoms with Crippen molar-refractivity contribution in [3.63, 3.8) is 0 Å². The molecule has 0 unspecified atom stereocenters. The van der Waals surface area contributed by atoms with Crippen molar-refractivity contribution in [1.29, 1.82) is 0 Å². The second-order valence-electron chi connectivity index (χ2n) is 8.95. The smallest absolute Gasteiger partial charge is 0.335 e. The lowest BCUT2D eigenvalue weighted by Gasteiger charge is -2.42. The lowest BCUT2D eigenvalue weighted by atomic mass is 9.79. The minimum Gasteiger partial charge on any atom is -0.478 e. The Bertz CT molecular complexity index is 1570. The number of hydrogen-bond donors (Lipinski definition) is 2. The summed E-state index contributed by atoms with van der Waals surface area (Å²) < 4.78 is 27.4. The van der Waals surface area contributed by atoms with Gasteiger partial charge in [-0.1, -0.05) is 26.0 Å². The van der Waals surface area contributed by atoms with Crippen molar-refractivity contribution >= 4 is 27.8 Å². The fourth-order valence-electron chi connectivity index (χ4n) is 5.07. The molecule has 0 spiro atoms. The molecule has 3 heterocycles. The third kappa shape index (κ3) is 4.08. The van der Waals surface area contributed by atoms with Crippen molar-refractivity contribution in [2.24, 2.45) is 0 Å². The van der Waals surface area contributed by atoms with Gasteiger partial charge in [-0.3, -0.25) is 5.10 Å². The van der Waals surface area contributed by atoms with E-state index < -0.39 is 11.4 Å². The van der Waals surface area contributed by atoms with E-state index in [2.05, 4.69) is 26.9 Å². The molecule has 37 heavy (non-hydrogen) atoms. The van der Waals surface area contributed by atoms with Gasteiger partial charge in [-0.2, -0.15) is 5.10 Å². The number of carboxylic acid groups (broad SMARTS) is 1. The molecule has 1 fully saturated rings. The zero-order valence-electron chi connectivity index (χ0n) is 20.9. The molecule has 2 aromatic heterocycles. The molecular weight excluding hydrogens is 473 g/mol. The van der Waals surface area contributed by atoms with Crippen LogP contribution in [0.3, 0.4) is 0 Å².